The van der Waals surface area contributed by atoms with Crippen LogP contribution in [0.4, 0.5) is 8.78 Å². The van der Waals surface area contributed by atoms with Crippen molar-refractivity contribution in [3.8, 4) is 0 Å². The van der Waals surface area contributed by atoms with Crippen molar-refractivity contribution in [1.82, 2.24) is 9.62 Å². The number of hydrogen-bond donors (Lipinski definition) is 2. The first-order valence-electron chi connectivity index (χ1n) is 4.01. The number of aliphatic hydroxyl groups is 1. The normalized spacial score (nSPS) is 29.0. The van der Waals surface area contributed by atoms with E-state index in [1.807, 2.05) is 0 Å². The number of rotatable bonds is 3. The van der Waals surface area contributed by atoms with Crippen molar-refractivity contribution >= 4 is 10.0 Å². The van der Waals surface area contributed by atoms with Crippen molar-refractivity contribution in [2.45, 2.75) is 17.9 Å². The van der Waals surface area contributed by atoms with Crippen molar-refractivity contribution in [2.24, 2.45) is 0 Å². The number of aliphatic hydroxyl groups excluding tert-OH is 1. The molecule has 1 fully saturated rings. The maximum atomic E-state index is 12.1. The SMILES string of the molecule is CN(C1CNCC1O)S(=O)(=O)C(F)F. The van der Waals surface area contributed by atoms with Gasteiger partial charge < -0.3 is 10.4 Å². The minimum Gasteiger partial charge on any atom is -0.390 e. The number of hydrogen-bond acceptors (Lipinski definition) is 4. The number of sulfonamides is 1. The molecule has 84 valence electrons. The highest BCUT2D eigenvalue weighted by Crippen LogP contribution is 2.16. The van der Waals surface area contributed by atoms with Crippen LogP contribution in [-0.2, 0) is 10.0 Å². The van der Waals surface area contributed by atoms with Crippen molar-refractivity contribution in [3.05, 3.63) is 0 Å². The summed E-state index contributed by atoms with van der Waals surface area (Å²) in [6.07, 6.45) is -0.937. The molecular weight excluding hydrogens is 218 g/mol. The lowest BCUT2D eigenvalue weighted by Crippen LogP contribution is -2.46. The minimum atomic E-state index is -4.59. The fourth-order valence-electron chi connectivity index (χ4n) is 1.34. The first kappa shape index (κ1) is 11.8. The van der Waals surface area contributed by atoms with Gasteiger partial charge in [0.05, 0.1) is 12.1 Å². The highest BCUT2D eigenvalue weighted by Gasteiger charge is 2.39. The van der Waals surface area contributed by atoms with Gasteiger partial charge in [-0.05, 0) is 0 Å². The Balaban J connectivity index is 2.79. The Hall–Kier alpha value is -0.310. The summed E-state index contributed by atoms with van der Waals surface area (Å²) in [6.45, 7) is 0.400. The molecule has 1 aliphatic rings. The molecule has 1 rings (SSSR count). The second kappa shape index (κ2) is 4.05. The number of nitrogens with zero attached hydrogens (tertiary/aromatic N) is 1. The number of halogens is 2. The fraction of sp³-hybridized carbons (Fsp3) is 1.00. The van der Waals surface area contributed by atoms with Crippen LogP contribution < -0.4 is 5.32 Å². The lowest BCUT2D eigenvalue weighted by Gasteiger charge is -2.24. The van der Waals surface area contributed by atoms with E-state index in [1.165, 1.54) is 0 Å². The van der Waals surface area contributed by atoms with Gasteiger partial charge in [0.2, 0.25) is 0 Å². The summed E-state index contributed by atoms with van der Waals surface area (Å²) in [5.41, 5.74) is 0. The molecular formula is C6H12F2N2O3S. The van der Waals surface area contributed by atoms with Crippen molar-refractivity contribution in [3.63, 3.8) is 0 Å². The Kier molecular flexibility index (Phi) is 3.40. The number of alkyl halides is 2. The summed E-state index contributed by atoms with van der Waals surface area (Å²) in [5, 5.41) is 12.0. The molecule has 0 bridgehead atoms. The van der Waals surface area contributed by atoms with E-state index in [9.17, 15) is 22.3 Å². The highest BCUT2D eigenvalue weighted by molar-refractivity contribution is 7.89. The molecule has 1 saturated heterocycles. The van der Waals surface area contributed by atoms with Gasteiger partial charge in [0.25, 0.3) is 10.0 Å². The maximum Gasteiger partial charge on any atom is 0.350 e. The van der Waals surface area contributed by atoms with Crippen LogP contribution in [0.25, 0.3) is 0 Å². The van der Waals surface area contributed by atoms with Crippen LogP contribution in [0, 0.1) is 0 Å². The average Bonchev–Trinajstić information content (AvgIpc) is 2.49. The Morgan fingerprint density at radius 3 is 2.43 bits per heavy atom. The molecule has 8 heteroatoms. The third kappa shape index (κ3) is 2.02. The van der Waals surface area contributed by atoms with E-state index in [1.54, 1.807) is 0 Å². The van der Waals surface area contributed by atoms with E-state index in [4.69, 9.17) is 0 Å². The van der Waals surface area contributed by atoms with Gasteiger partial charge in [-0.15, -0.1) is 0 Å². The predicted octanol–water partition coefficient (Wildman–Crippen LogP) is -1.20. The zero-order valence-corrected chi connectivity index (χ0v) is 8.34. The monoisotopic (exact) mass is 230 g/mol. The van der Waals surface area contributed by atoms with Crippen molar-refractivity contribution < 1.29 is 22.3 Å². The van der Waals surface area contributed by atoms with Crippen LogP contribution in [0.2, 0.25) is 0 Å². The lowest BCUT2D eigenvalue weighted by atomic mass is 10.2. The van der Waals surface area contributed by atoms with E-state index in [-0.39, 0.29) is 13.1 Å². The zero-order valence-electron chi connectivity index (χ0n) is 7.52. The number of nitrogens with one attached hydrogen (secondary N) is 1. The molecule has 2 atom stereocenters. The smallest absolute Gasteiger partial charge is 0.350 e. The minimum absolute atomic E-state index is 0.184. The van der Waals surface area contributed by atoms with Crippen LogP contribution in [0.5, 0.6) is 0 Å². The van der Waals surface area contributed by atoms with Crippen LogP contribution in [-0.4, -0.2) is 55.9 Å². The van der Waals surface area contributed by atoms with Gasteiger partial charge in [-0.3, -0.25) is 0 Å². The molecule has 14 heavy (non-hydrogen) atoms. The Labute approximate surface area is 80.8 Å². The highest BCUT2D eigenvalue weighted by atomic mass is 32.2. The average molecular weight is 230 g/mol. The van der Waals surface area contributed by atoms with Crippen molar-refractivity contribution in [1.29, 1.82) is 0 Å². The molecule has 0 aromatic rings. The largest absolute Gasteiger partial charge is 0.390 e. The predicted molar refractivity (Wildman–Crippen MR) is 45.4 cm³/mol. The van der Waals surface area contributed by atoms with E-state index >= 15 is 0 Å². The molecule has 0 spiro atoms. The van der Waals surface area contributed by atoms with Crippen LogP contribution in [0.1, 0.15) is 0 Å². The number of likely N-dealkylation sites (N-methyl/N-ethyl adjacent to an activating group) is 1. The van der Waals surface area contributed by atoms with Gasteiger partial charge in [0.15, 0.2) is 0 Å². The van der Waals surface area contributed by atoms with Crippen molar-refractivity contribution in [2.75, 3.05) is 20.1 Å². The fourth-order valence-corrected chi connectivity index (χ4v) is 2.18. The molecule has 0 saturated carbocycles. The maximum absolute atomic E-state index is 12.1. The molecule has 0 radical (unpaired) electrons. The Morgan fingerprint density at radius 2 is 2.07 bits per heavy atom. The van der Waals surface area contributed by atoms with Gasteiger partial charge in [-0.1, -0.05) is 0 Å². The topological polar surface area (TPSA) is 69.6 Å². The van der Waals surface area contributed by atoms with Gasteiger partial charge in [0.1, 0.15) is 0 Å². The lowest BCUT2D eigenvalue weighted by molar-refractivity contribution is 0.130. The summed E-state index contributed by atoms with van der Waals surface area (Å²) >= 11 is 0. The van der Waals surface area contributed by atoms with Gasteiger partial charge in [-0.25, -0.2) is 8.42 Å². The van der Waals surface area contributed by atoms with Gasteiger partial charge in [-0.2, -0.15) is 13.1 Å². The Bertz CT molecular complexity index is 295. The molecule has 2 N–H and O–H groups in total. The molecule has 1 heterocycles. The molecule has 1 aliphatic heterocycles. The molecule has 2 unspecified atom stereocenters. The second-order valence-corrected chi connectivity index (χ2v) is 5.08. The van der Waals surface area contributed by atoms with Gasteiger partial charge >= 0.3 is 5.76 Å². The summed E-state index contributed by atoms with van der Waals surface area (Å²) < 4.78 is 46.8. The Morgan fingerprint density at radius 1 is 1.50 bits per heavy atom. The van der Waals surface area contributed by atoms with Crippen LogP contribution in [0.15, 0.2) is 0 Å². The van der Waals surface area contributed by atoms with E-state index in [0.29, 0.717) is 4.31 Å². The van der Waals surface area contributed by atoms with Crippen LogP contribution >= 0.6 is 0 Å². The third-order valence-corrected chi connectivity index (χ3v) is 3.77. The summed E-state index contributed by atoms with van der Waals surface area (Å²) in [7, 11) is -3.55. The molecule has 5 nitrogen and oxygen atoms in total. The van der Waals surface area contributed by atoms with E-state index < -0.39 is 27.9 Å². The van der Waals surface area contributed by atoms with E-state index in [2.05, 4.69) is 5.32 Å². The molecule has 0 aromatic carbocycles. The summed E-state index contributed by atoms with van der Waals surface area (Å²) in [4.78, 5) is 0. The first-order valence-corrected chi connectivity index (χ1v) is 5.51. The number of β-amino-alcohol motifs (C(OH)–C–C–N with tert-alkyl or cyclic N) is 1. The van der Waals surface area contributed by atoms with Gasteiger partial charge in [0, 0.05) is 20.1 Å². The molecule has 0 amide bonds. The first-order chi connectivity index (χ1) is 6.37. The van der Waals surface area contributed by atoms with Crippen LogP contribution in [0.3, 0.4) is 0 Å². The molecule has 0 aromatic heterocycles. The quantitative estimate of drug-likeness (QED) is 0.639. The summed E-state index contributed by atoms with van der Waals surface area (Å²) in [6, 6.07) is -0.811. The summed E-state index contributed by atoms with van der Waals surface area (Å²) in [5.74, 6) is -3.44. The second-order valence-electron chi connectivity index (χ2n) is 3.11. The third-order valence-electron chi connectivity index (χ3n) is 2.24. The standard InChI is InChI=1S/C6H12F2N2O3S/c1-10(14(12,13)6(7)8)4-2-9-3-5(4)11/h4-6,9,11H,2-3H2,1H3. The van der Waals surface area contributed by atoms with E-state index in [0.717, 1.165) is 7.05 Å². The zero-order chi connectivity index (χ0) is 10.9. The molecule has 0 aliphatic carbocycles.